The third kappa shape index (κ3) is 2.56. The van der Waals surface area contributed by atoms with Gasteiger partial charge in [0.15, 0.2) is 0 Å². The van der Waals surface area contributed by atoms with Gasteiger partial charge in [-0.15, -0.1) is 11.8 Å². The first-order valence-electron chi connectivity index (χ1n) is 5.59. The van der Waals surface area contributed by atoms with E-state index in [1.807, 2.05) is 11.8 Å². The summed E-state index contributed by atoms with van der Waals surface area (Å²) < 4.78 is 0. The first-order valence-corrected chi connectivity index (χ1v) is 6.47. The van der Waals surface area contributed by atoms with Crippen LogP contribution in [0.3, 0.4) is 0 Å². The zero-order valence-electron chi connectivity index (χ0n) is 9.31. The molecule has 82 valence electrons. The first-order chi connectivity index (χ1) is 7.16. The topological polar surface area (TPSA) is 20.2 Å². The van der Waals surface area contributed by atoms with Crippen LogP contribution in [-0.4, -0.2) is 16.5 Å². The molecular weight excluding hydrogens is 204 g/mol. The second-order valence-corrected chi connectivity index (χ2v) is 5.95. The van der Waals surface area contributed by atoms with E-state index in [4.69, 9.17) is 0 Å². The Bertz CT molecular complexity index is 310. The fraction of sp³-hybridized carbons (Fsp3) is 0.538. The highest BCUT2D eigenvalue weighted by atomic mass is 32.2. The van der Waals surface area contributed by atoms with E-state index >= 15 is 0 Å². The van der Waals surface area contributed by atoms with Crippen molar-refractivity contribution in [2.75, 3.05) is 0 Å². The average Bonchev–Trinajstić information content (AvgIpc) is 2.59. The highest BCUT2D eigenvalue weighted by molar-refractivity contribution is 8.00. The Balaban J connectivity index is 2.00. The van der Waals surface area contributed by atoms with Gasteiger partial charge in [0.1, 0.15) is 0 Å². The molecule has 1 aliphatic rings. The van der Waals surface area contributed by atoms with Gasteiger partial charge in [-0.3, -0.25) is 0 Å². The zero-order chi connectivity index (χ0) is 10.8. The van der Waals surface area contributed by atoms with E-state index < -0.39 is 0 Å². The number of thioether (sulfide) groups is 1. The van der Waals surface area contributed by atoms with Gasteiger partial charge >= 0.3 is 0 Å². The van der Waals surface area contributed by atoms with E-state index in [0.717, 1.165) is 12.8 Å². The summed E-state index contributed by atoms with van der Waals surface area (Å²) >= 11 is 1.84. The molecule has 0 aromatic heterocycles. The summed E-state index contributed by atoms with van der Waals surface area (Å²) in [5.41, 5.74) is 1.40. The summed E-state index contributed by atoms with van der Waals surface area (Å²) in [6.07, 6.45) is 1.77. The summed E-state index contributed by atoms with van der Waals surface area (Å²) in [6.45, 7) is 4.33. The minimum absolute atomic E-state index is 0.164. The number of rotatable bonds is 3. The summed E-state index contributed by atoms with van der Waals surface area (Å²) in [4.78, 5) is 1.35. The Labute approximate surface area is 95.9 Å². The molecule has 1 N–H and O–H groups in total. The van der Waals surface area contributed by atoms with Crippen molar-refractivity contribution >= 4 is 11.8 Å². The predicted octanol–water partition coefficient (Wildman–Crippen LogP) is 3.11. The zero-order valence-corrected chi connectivity index (χ0v) is 10.1. The molecule has 2 atom stereocenters. The summed E-state index contributed by atoms with van der Waals surface area (Å²) in [7, 11) is 0. The van der Waals surface area contributed by atoms with Gasteiger partial charge in [0.2, 0.25) is 0 Å². The lowest BCUT2D eigenvalue weighted by atomic mass is 10.00. The summed E-state index contributed by atoms with van der Waals surface area (Å²) in [6, 6.07) is 8.48. The second kappa shape index (κ2) is 4.58. The van der Waals surface area contributed by atoms with Crippen LogP contribution in [0.25, 0.3) is 0 Å². The molecule has 0 saturated carbocycles. The Morgan fingerprint density at radius 2 is 2.13 bits per heavy atom. The van der Waals surface area contributed by atoms with Crippen molar-refractivity contribution in [3.63, 3.8) is 0 Å². The van der Waals surface area contributed by atoms with E-state index in [9.17, 15) is 5.11 Å². The molecule has 2 rings (SSSR count). The molecule has 0 saturated heterocycles. The lowest BCUT2D eigenvalue weighted by molar-refractivity contribution is 0.146. The molecule has 1 nitrogen and oxygen atoms in total. The van der Waals surface area contributed by atoms with Gasteiger partial charge in [0, 0.05) is 10.1 Å². The Kier molecular flexibility index (Phi) is 3.37. The Hall–Kier alpha value is -0.470. The molecule has 1 heterocycles. The smallest absolute Gasteiger partial charge is 0.0668 e. The minimum Gasteiger partial charge on any atom is -0.392 e. The van der Waals surface area contributed by atoms with Gasteiger partial charge in [-0.25, -0.2) is 0 Å². The average molecular weight is 222 g/mol. The lowest BCUT2D eigenvalue weighted by Crippen LogP contribution is -2.24. The van der Waals surface area contributed by atoms with Crippen molar-refractivity contribution in [1.29, 1.82) is 0 Å². The van der Waals surface area contributed by atoms with Crippen LogP contribution in [0, 0.1) is 5.92 Å². The van der Waals surface area contributed by atoms with Crippen LogP contribution in [0.4, 0.5) is 0 Å². The van der Waals surface area contributed by atoms with Gasteiger partial charge in [-0.2, -0.15) is 0 Å². The molecule has 1 aliphatic heterocycles. The molecule has 0 amide bonds. The minimum atomic E-state index is -0.164. The van der Waals surface area contributed by atoms with Crippen molar-refractivity contribution in [3.05, 3.63) is 29.8 Å². The molecule has 0 radical (unpaired) electrons. The third-order valence-electron chi connectivity index (χ3n) is 2.81. The normalized spacial score (nSPS) is 21.7. The molecule has 1 aromatic rings. The second-order valence-electron chi connectivity index (χ2n) is 4.67. The molecule has 0 aliphatic carbocycles. The summed E-state index contributed by atoms with van der Waals surface area (Å²) in [5, 5.41) is 10.4. The maximum absolute atomic E-state index is 10.1. The van der Waals surface area contributed by atoms with Gasteiger partial charge in [-0.1, -0.05) is 32.0 Å². The molecule has 0 bridgehead atoms. The monoisotopic (exact) mass is 222 g/mol. The van der Waals surface area contributed by atoms with Gasteiger partial charge < -0.3 is 5.11 Å². The highest BCUT2D eigenvalue weighted by Crippen LogP contribution is 2.39. The molecule has 15 heavy (non-hydrogen) atoms. The van der Waals surface area contributed by atoms with Crippen LogP contribution >= 0.6 is 11.8 Å². The largest absolute Gasteiger partial charge is 0.392 e. The van der Waals surface area contributed by atoms with E-state index in [0.29, 0.717) is 11.2 Å². The van der Waals surface area contributed by atoms with Crippen molar-refractivity contribution < 1.29 is 5.11 Å². The Morgan fingerprint density at radius 1 is 1.40 bits per heavy atom. The molecule has 0 spiro atoms. The van der Waals surface area contributed by atoms with Crippen molar-refractivity contribution in [2.45, 2.75) is 42.9 Å². The summed E-state index contributed by atoms with van der Waals surface area (Å²) in [5.74, 6) is 0.573. The third-order valence-corrected chi connectivity index (χ3v) is 4.25. The SMILES string of the molecule is CC(C)CC(O)C1Cc2ccccc2S1. The van der Waals surface area contributed by atoms with Crippen molar-refractivity contribution in [3.8, 4) is 0 Å². The quantitative estimate of drug-likeness (QED) is 0.848. The number of benzene rings is 1. The Morgan fingerprint density at radius 3 is 2.80 bits per heavy atom. The fourth-order valence-corrected chi connectivity index (χ4v) is 3.38. The standard InChI is InChI=1S/C13H18OS/c1-9(2)7-11(14)13-8-10-5-3-4-6-12(10)15-13/h3-6,9,11,13-14H,7-8H2,1-2H3. The van der Waals surface area contributed by atoms with Crippen LogP contribution < -0.4 is 0 Å². The lowest BCUT2D eigenvalue weighted by Gasteiger charge is -2.18. The number of aliphatic hydroxyl groups is 1. The van der Waals surface area contributed by atoms with Gasteiger partial charge in [-0.05, 0) is 30.4 Å². The van der Waals surface area contributed by atoms with Gasteiger partial charge in [0.05, 0.1) is 6.10 Å². The molecule has 2 unspecified atom stereocenters. The number of hydrogen-bond donors (Lipinski definition) is 1. The van der Waals surface area contributed by atoms with Crippen LogP contribution in [0.2, 0.25) is 0 Å². The number of aliphatic hydroxyl groups excluding tert-OH is 1. The van der Waals surface area contributed by atoms with Crippen molar-refractivity contribution in [2.24, 2.45) is 5.92 Å². The fourth-order valence-electron chi connectivity index (χ4n) is 2.06. The molecular formula is C13H18OS. The highest BCUT2D eigenvalue weighted by Gasteiger charge is 2.28. The maximum atomic E-state index is 10.1. The van der Waals surface area contributed by atoms with Gasteiger partial charge in [0.25, 0.3) is 0 Å². The van der Waals surface area contributed by atoms with Crippen LogP contribution in [0.15, 0.2) is 29.2 Å². The van der Waals surface area contributed by atoms with Crippen LogP contribution in [-0.2, 0) is 6.42 Å². The number of fused-ring (bicyclic) bond motifs is 1. The molecule has 0 fully saturated rings. The van der Waals surface area contributed by atoms with Crippen LogP contribution in [0.1, 0.15) is 25.8 Å². The molecule has 1 aromatic carbocycles. The maximum Gasteiger partial charge on any atom is 0.0668 e. The molecule has 2 heteroatoms. The van der Waals surface area contributed by atoms with E-state index in [-0.39, 0.29) is 6.10 Å². The van der Waals surface area contributed by atoms with E-state index in [1.165, 1.54) is 10.5 Å². The first kappa shape index (κ1) is 11.0. The number of hydrogen-bond acceptors (Lipinski definition) is 2. The van der Waals surface area contributed by atoms with Crippen LogP contribution in [0.5, 0.6) is 0 Å². The predicted molar refractivity (Wildman–Crippen MR) is 65.3 cm³/mol. The van der Waals surface area contributed by atoms with Crippen molar-refractivity contribution in [1.82, 2.24) is 0 Å². The van der Waals surface area contributed by atoms with E-state index in [2.05, 4.69) is 38.1 Å². The van der Waals surface area contributed by atoms with E-state index in [1.54, 1.807) is 0 Å².